The number of aromatic nitrogens is 1. The maximum atomic E-state index is 11.7. The summed E-state index contributed by atoms with van der Waals surface area (Å²) < 4.78 is 0. The van der Waals surface area contributed by atoms with Crippen molar-refractivity contribution in [1.82, 2.24) is 10.3 Å². The number of pyridine rings is 1. The molecule has 0 unspecified atom stereocenters. The molecular weight excluding hydrogens is 270 g/mol. The third-order valence-corrected chi connectivity index (χ3v) is 2.78. The van der Waals surface area contributed by atoms with Crippen LogP contribution >= 0.6 is 0 Å². The molecule has 3 N–H and O–H groups in total. The molecule has 0 aliphatic heterocycles. The maximum absolute atomic E-state index is 11.7. The highest BCUT2D eigenvalue weighted by molar-refractivity contribution is 6.39. The summed E-state index contributed by atoms with van der Waals surface area (Å²) in [5.74, 6) is -1.69. The van der Waals surface area contributed by atoms with E-state index in [1.54, 1.807) is 30.6 Å². The van der Waals surface area contributed by atoms with Gasteiger partial charge in [0.05, 0.1) is 5.69 Å². The number of phenolic OH excluding ortho intramolecular Hbond substituents is 1. The Hall–Kier alpha value is -2.89. The van der Waals surface area contributed by atoms with E-state index in [9.17, 15) is 14.7 Å². The van der Waals surface area contributed by atoms with E-state index in [1.165, 1.54) is 12.1 Å². The number of aryl methyl sites for hydroxylation is 1. The number of carbonyl (C=O) groups is 2. The van der Waals surface area contributed by atoms with Crippen LogP contribution in [0, 0.1) is 6.92 Å². The lowest BCUT2D eigenvalue weighted by Crippen LogP contribution is -2.35. The average Bonchev–Trinajstić information content (AvgIpc) is 2.48. The van der Waals surface area contributed by atoms with E-state index >= 15 is 0 Å². The van der Waals surface area contributed by atoms with Gasteiger partial charge < -0.3 is 15.7 Å². The van der Waals surface area contributed by atoms with E-state index in [-0.39, 0.29) is 18.0 Å². The fourth-order valence-corrected chi connectivity index (χ4v) is 1.69. The van der Waals surface area contributed by atoms with Crippen LogP contribution in [0.4, 0.5) is 5.69 Å². The van der Waals surface area contributed by atoms with Crippen molar-refractivity contribution in [2.24, 2.45) is 0 Å². The summed E-state index contributed by atoms with van der Waals surface area (Å²) >= 11 is 0. The molecule has 1 heterocycles. The lowest BCUT2D eigenvalue weighted by Gasteiger charge is -2.08. The molecule has 0 fully saturated rings. The Bertz CT molecular complexity index is 656. The van der Waals surface area contributed by atoms with Crippen molar-refractivity contribution in [2.45, 2.75) is 13.5 Å². The molecule has 2 rings (SSSR count). The highest BCUT2D eigenvalue weighted by atomic mass is 16.3. The third-order valence-electron chi connectivity index (χ3n) is 2.78. The standard InChI is InChI=1S/C15H15N3O3/c1-10-4-5-12(13(19)7-10)18-15(21)14(20)17-9-11-3-2-6-16-8-11/h2-8,19H,9H2,1H3,(H,17,20)(H,18,21). The number of amides is 2. The first-order chi connectivity index (χ1) is 10.1. The Balaban J connectivity index is 1.92. The average molecular weight is 285 g/mol. The Labute approximate surface area is 121 Å². The molecule has 0 aliphatic rings. The summed E-state index contributed by atoms with van der Waals surface area (Å²) in [4.78, 5) is 27.3. The number of phenols is 1. The molecule has 0 aliphatic carbocycles. The van der Waals surface area contributed by atoms with Crippen LogP contribution in [-0.4, -0.2) is 21.9 Å². The summed E-state index contributed by atoms with van der Waals surface area (Å²) in [6.07, 6.45) is 3.22. The van der Waals surface area contributed by atoms with Crippen molar-refractivity contribution in [3.8, 4) is 5.75 Å². The number of carbonyl (C=O) groups excluding carboxylic acids is 2. The fraction of sp³-hybridized carbons (Fsp3) is 0.133. The summed E-state index contributed by atoms with van der Waals surface area (Å²) in [6, 6.07) is 8.30. The molecular formula is C15H15N3O3. The molecule has 1 aromatic heterocycles. The molecule has 0 spiro atoms. The van der Waals surface area contributed by atoms with E-state index in [0.29, 0.717) is 0 Å². The van der Waals surface area contributed by atoms with Crippen molar-refractivity contribution in [3.63, 3.8) is 0 Å². The molecule has 2 aromatic rings. The third kappa shape index (κ3) is 4.04. The van der Waals surface area contributed by atoms with Crippen LogP contribution in [0.25, 0.3) is 0 Å². The van der Waals surface area contributed by atoms with Crippen molar-refractivity contribution < 1.29 is 14.7 Å². The van der Waals surface area contributed by atoms with E-state index in [4.69, 9.17) is 0 Å². The Morgan fingerprint density at radius 3 is 2.71 bits per heavy atom. The van der Waals surface area contributed by atoms with Gasteiger partial charge in [-0.3, -0.25) is 14.6 Å². The lowest BCUT2D eigenvalue weighted by atomic mass is 10.2. The number of benzene rings is 1. The van der Waals surface area contributed by atoms with E-state index in [1.807, 2.05) is 6.92 Å². The quantitative estimate of drug-likeness (QED) is 0.586. The number of rotatable bonds is 3. The first-order valence-electron chi connectivity index (χ1n) is 6.34. The van der Waals surface area contributed by atoms with Crippen LogP contribution in [-0.2, 0) is 16.1 Å². The highest BCUT2D eigenvalue weighted by Gasteiger charge is 2.15. The second-order valence-corrected chi connectivity index (χ2v) is 4.52. The zero-order valence-corrected chi connectivity index (χ0v) is 11.5. The van der Waals surface area contributed by atoms with Crippen LogP contribution in [0.1, 0.15) is 11.1 Å². The van der Waals surface area contributed by atoms with Gasteiger partial charge in [-0.1, -0.05) is 12.1 Å². The van der Waals surface area contributed by atoms with Crippen LogP contribution in [0.2, 0.25) is 0 Å². The van der Waals surface area contributed by atoms with Crippen LogP contribution < -0.4 is 10.6 Å². The normalized spacial score (nSPS) is 9.95. The molecule has 0 bridgehead atoms. The SMILES string of the molecule is Cc1ccc(NC(=O)C(=O)NCc2cccnc2)c(O)c1. The predicted octanol–water partition coefficient (Wildman–Crippen LogP) is 1.35. The molecule has 0 saturated carbocycles. The minimum absolute atomic E-state index is 0.0802. The molecule has 6 heteroatoms. The number of hydrogen-bond donors (Lipinski definition) is 3. The minimum Gasteiger partial charge on any atom is -0.506 e. The minimum atomic E-state index is -0.835. The fourth-order valence-electron chi connectivity index (χ4n) is 1.69. The molecule has 1 aromatic carbocycles. The number of aromatic hydroxyl groups is 1. The molecule has 6 nitrogen and oxygen atoms in total. The van der Waals surface area contributed by atoms with Gasteiger partial charge in [0.1, 0.15) is 5.75 Å². The van der Waals surface area contributed by atoms with Crippen molar-refractivity contribution >= 4 is 17.5 Å². The highest BCUT2D eigenvalue weighted by Crippen LogP contribution is 2.23. The van der Waals surface area contributed by atoms with Gasteiger partial charge in [0, 0.05) is 18.9 Å². The molecule has 0 radical (unpaired) electrons. The number of nitrogens with zero attached hydrogens (tertiary/aromatic N) is 1. The molecule has 21 heavy (non-hydrogen) atoms. The van der Waals surface area contributed by atoms with Gasteiger partial charge in [-0.05, 0) is 36.2 Å². The maximum Gasteiger partial charge on any atom is 0.313 e. The van der Waals surface area contributed by atoms with Crippen LogP contribution in [0.5, 0.6) is 5.75 Å². The second kappa shape index (κ2) is 6.51. The molecule has 2 amide bonds. The van der Waals surface area contributed by atoms with Gasteiger partial charge in [0.2, 0.25) is 0 Å². The number of anilines is 1. The van der Waals surface area contributed by atoms with Gasteiger partial charge >= 0.3 is 11.8 Å². The van der Waals surface area contributed by atoms with E-state index in [2.05, 4.69) is 15.6 Å². The predicted molar refractivity (Wildman–Crippen MR) is 77.6 cm³/mol. The van der Waals surface area contributed by atoms with Crippen molar-refractivity contribution in [1.29, 1.82) is 0 Å². The molecule has 0 atom stereocenters. The summed E-state index contributed by atoms with van der Waals surface area (Å²) in [6.45, 7) is 2.02. The monoisotopic (exact) mass is 285 g/mol. The van der Waals surface area contributed by atoms with Gasteiger partial charge in [0.15, 0.2) is 0 Å². The zero-order chi connectivity index (χ0) is 15.2. The van der Waals surface area contributed by atoms with Crippen molar-refractivity contribution in [2.75, 3.05) is 5.32 Å². The summed E-state index contributed by atoms with van der Waals surface area (Å²) in [7, 11) is 0. The lowest BCUT2D eigenvalue weighted by molar-refractivity contribution is -0.136. The van der Waals surface area contributed by atoms with Crippen LogP contribution in [0.15, 0.2) is 42.7 Å². The summed E-state index contributed by atoms with van der Waals surface area (Å²) in [5, 5.41) is 14.5. The smallest absolute Gasteiger partial charge is 0.313 e. The van der Waals surface area contributed by atoms with E-state index < -0.39 is 11.8 Å². The Kier molecular flexibility index (Phi) is 4.50. The van der Waals surface area contributed by atoms with Gasteiger partial charge in [-0.15, -0.1) is 0 Å². The summed E-state index contributed by atoms with van der Waals surface area (Å²) in [5.41, 5.74) is 1.84. The van der Waals surface area contributed by atoms with Gasteiger partial charge in [-0.2, -0.15) is 0 Å². The number of nitrogens with one attached hydrogen (secondary N) is 2. The Morgan fingerprint density at radius 1 is 1.24 bits per heavy atom. The molecule has 108 valence electrons. The number of hydrogen-bond acceptors (Lipinski definition) is 4. The van der Waals surface area contributed by atoms with Crippen molar-refractivity contribution in [3.05, 3.63) is 53.9 Å². The van der Waals surface area contributed by atoms with E-state index in [0.717, 1.165) is 11.1 Å². The van der Waals surface area contributed by atoms with Gasteiger partial charge in [0.25, 0.3) is 0 Å². The Morgan fingerprint density at radius 2 is 2.05 bits per heavy atom. The van der Waals surface area contributed by atoms with Crippen LogP contribution in [0.3, 0.4) is 0 Å². The first-order valence-corrected chi connectivity index (χ1v) is 6.34. The first kappa shape index (κ1) is 14.5. The van der Waals surface area contributed by atoms with Gasteiger partial charge in [-0.25, -0.2) is 0 Å². The second-order valence-electron chi connectivity index (χ2n) is 4.52. The largest absolute Gasteiger partial charge is 0.506 e. The zero-order valence-electron chi connectivity index (χ0n) is 11.5. The molecule has 0 saturated heterocycles. The topological polar surface area (TPSA) is 91.3 Å².